The zero-order chi connectivity index (χ0) is 15.8. The average molecular weight is 317 g/mol. The molecule has 0 bridgehead atoms. The Labute approximate surface area is 133 Å². The number of hydrogen-bond donors (Lipinski definition) is 0. The van der Waals surface area contributed by atoms with E-state index >= 15 is 0 Å². The van der Waals surface area contributed by atoms with E-state index in [1.165, 1.54) is 5.56 Å². The topological polar surface area (TPSA) is 35.5 Å². The van der Waals surface area contributed by atoms with Crippen molar-refractivity contribution < 1.29 is 14.0 Å². The van der Waals surface area contributed by atoms with Crippen LogP contribution in [0.4, 0.5) is 0 Å². The highest BCUT2D eigenvalue weighted by molar-refractivity contribution is 7.61. The van der Waals surface area contributed by atoms with Crippen molar-refractivity contribution in [2.24, 2.45) is 0 Å². The van der Waals surface area contributed by atoms with Crippen LogP contribution < -0.4 is 10.6 Å². The molecule has 0 aliphatic carbocycles. The fourth-order valence-corrected chi connectivity index (χ4v) is 3.90. The summed E-state index contributed by atoms with van der Waals surface area (Å²) in [7, 11) is 1.80. The van der Waals surface area contributed by atoms with Crippen LogP contribution in [0.1, 0.15) is 11.1 Å². The Kier molecular flexibility index (Phi) is 6.73. The molecule has 116 valence electrons. The summed E-state index contributed by atoms with van der Waals surface area (Å²) in [6, 6.07) is 15.6. The summed E-state index contributed by atoms with van der Waals surface area (Å²) in [5, 5.41) is 1.77. The normalized spacial score (nSPS) is 11.5. The van der Waals surface area contributed by atoms with Crippen molar-refractivity contribution in [2.75, 3.05) is 27.4 Å². The summed E-state index contributed by atoms with van der Waals surface area (Å²) in [5.74, 6) is 0. The van der Waals surface area contributed by atoms with E-state index < -0.39 is 7.80 Å². The molecule has 1 atom stereocenters. The fraction of sp³-hybridized carbons (Fsp3) is 0.333. The van der Waals surface area contributed by atoms with Gasteiger partial charge in [-0.15, -0.1) is 0 Å². The van der Waals surface area contributed by atoms with Crippen LogP contribution in [0.2, 0.25) is 0 Å². The first-order chi connectivity index (χ1) is 10.8. The molecule has 0 aliphatic rings. The van der Waals surface area contributed by atoms with E-state index in [2.05, 4.69) is 6.07 Å². The van der Waals surface area contributed by atoms with Crippen LogP contribution in [-0.4, -0.2) is 27.4 Å². The first kappa shape index (κ1) is 16.8. The second kappa shape index (κ2) is 8.79. The van der Waals surface area contributed by atoms with Crippen molar-refractivity contribution in [3.63, 3.8) is 0 Å². The number of benzene rings is 2. The minimum Gasteiger partial charge on any atom is -0.384 e. The SMILES string of the molecule is COCCc1cccc([P+](=O)c2ccccc2)c1CCOC. The van der Waals surface area contributed by atoms with Crippen molar-refractivity contribution in [3.8, 4) is 0 Å². The smallest absolute Gasteiger partial charge is 0.384 e. The van der Waals surface area contributed by atoms with Crippen LogP contribution in [0.25, 0.3) is 0 Å². The summed E-state index contributed by atoms with van der Waals surface area (Å²) < 4.78 is 23.3. The zero-order valence-corrected chi connectivity index (χ0v) is 14.0. The van der Waals surface area contributed by atoms with Crippen molar-refractivity contribution in [2.45, 2.75) is 12.8 Å². The zero-order valence-electron chi connectivity index (χ0n) is 13.1. The van der Waals surface area contributed by atoms with E-state index in [1.54, 1.807) is 14.2 Å². The third kappa shape index (κ3) is 4.23. The molecule has 0 saturated heterocycles. The van der Waals surface area contributed by atoms with Crippen LogP contribution >= 0.6 is 7.80 Å². The third-order valence-corrected chi connectivity index (χ3v) is 5.21. The maximum atomic E-state index is 12.9. The molecule has 2 aromatic rings. The lowest BCUT2D eigenvalue weighted by atomic mass is 10.0. The highest BCUT2D eigenvalue weighted by atomic mass is 31.1. The summed E-state index contributed by atoms with van der Waals surface area (Å²) >= 11 is 0. The first-order valence-electron chi connectivity index (χ1n) is 7.39. The number of methoxy groups -OCH3 is 2. The van der Waals surface area contributed by atoms with E-state index in [9.17, 15) is 4.57 Å². The largest absolute Gasteiger partial charge is 0.415 e. The second-order valence-corrected chi connectivity index (χ2v) is 6.62. The van der Waals surface area contributed by atoms with E-state index in [0.717, 1.165) is 29.0 Å². The van der Waals surface area contributed by atoms with Crippen molar-refractivity contribution >= 4 is 18.4 Å². The summed E-state index contributed by atoms with van der Waals surface area (Å²) in [4.78, 5) is 0. The van der Waals surface area contributed by atoms with Gasteiger partial charge in [-0.3, -0.25) is 0 Å². The van der Waals surface area contributed by atoms with Gasteiger partial charge in [0.05, 0.1) is 13.2 Å². The Morgan fingerprint density at radius 1 is 0.864 bits per heavy atom. The Bertz CT molecular complexity index is 611. The molecule has 4 heteroatoms. The molecule has 2 rings (SSSR count). The fourth-order valence-electron chi connectivity index (χ4n) is 2.45. The molecule has 0 N–H and O–H groups in total. The van der Waals surface area contributed by atoms with Gasteiger partial charge in [-0.2, -0.15) is 0 Å². The van der Waals surface area contributed by atoms with Crippen LogP contribution in [0.15, 0.2) is 48.5 Å². The van der Waals surface area contributed by atoms with E-state index in [0.29, 0.717) is 13.2 Å². The molecule has 22 heavy (non-hydrogen) atoms. The van der Waals surface area contributed by atoms with Gasteiger partial charge in [0.15, 0.2) is 10.6 Å². The lowest BCUT2D eigenvalue weighted by molar-refractivity contribution is 0.198. The van der Waals surface area contributed by atoms with E-state index in [-0.39, 0.29) is 0 Å². The molecule has 0 heterocycles. The molecule has 0 fully saturated rings. The van der Waals surface area contributed by atoms with Gasteiger partial charge >= 0.3 is 7.80 Å². The highest BCUT2D eigenvalue weighted by Gasteiger charge is 2.27. The van der Waals surface area contributed by atoms with Gasteiger partial charge in [0.25, 0.3) is 0 Å². The molecule has 0 aromatic heterocycles. The molecule has 1 unspecified atom stereocenters. The molecule has 0 spiro atoms. The quantitative estimate of drug-likeness (QED) is 0.702. The standard InChI is InChI=1S/C18H22O3P/c1-20-13-11-15-7-6-10-18(17(15)12-14-21-2)22(19)16-8-4-3-5-9-16/h3-10H,11-14H2,1-2H3/q+1. The highest BCUT2D eigenvalue weighted by Crippen LogP contribution is 2.24. The van der Waals surface area contributed by atoms with Crippen molar-refractivity contribution in [1.29, 1.82) is 0 Å². The van der Waals surface area contributed by atoms with Gasteiger partial charge < -0.3 is 9.47 Å². The molecular formula is C18H22O3P+. The summed E-state index contributed by atoms with van der Waals surface area (Å²) in [5.41, 5.74) is 2.32. The lowest BCUT2D eigenvalue weighted by Gasteiger charge is -2.09. The second-order valence-electron chi connectivity index (χ2n) is 5.03. The van der Waals surface area contributed by atoms with Crippen LogP contribution in [-0.2, 0) is 26.9 Å². The molecule has 0 saturated carbocycles. The van der Waals surface area contributed by atoms with Crippen molar-refractivity contribution in [3.05, 3.63) is 59.7 Å². The predicted molar refractivity (Wildman–Crippen MR) is 90.9 cm³/mol. The molecule has 0 amide bonds. The van der Waals surface area contributed by atoms with Crippen LogP contribution in [0, 0.1) is 0 Å². The Morgan fingerprint density at radius 3 is 2.23 bits per heavy atom. The Balaban J connectivity index is 2.38. The minimum atomic E-state index is -1.59. The summed E-state index contributed by atoms with van der Waals surface area (Å²) in [6.45, 7) is 1.28. The number of rotatable bonds is 8. The van der Waals surface area contributed by atoms with Crippen molar-refractivity contribution in [1.82, 2.24) is 0 Å². The molecule has 3 nitrogen and oxygen atoms in total. The Hall–Kier alpha value is -1.54. The predicted octanol–water partition coefficient (Wildman–Crippen LogP) is 2.84. The van der Waals surface area contributed by atoms with Gasteiger partial charge in [0, 0.05) is 26.2 Å². The third-order valence-electron chi connectivity index (χ3n) is 3.59. The Morgan fingerprint density at radius 2 is 1.55 bits per heavy atom. The molecular weight excluding hydrogens is 295 g/mol. The molecule has 2 aromatic carbocycles. The molecule has 0 aliphatic heterocycles. The van der Waals surface area contributed by atoms with Gasteiger partial charge in [-0.05, 0) is 30.2 Å². The van der Waals surface area contributed by atoms with E-state index in [1.807, 2.05) is 42.5 Å². The van der Waals surface area contributed by atoms with Crippen LogP contribution in [0.5, 0.6) is 0 Å². The number of hydrogen-bond acceptors (Lipinski definition) is 3. The number of ether oxygens (including phenoxy) is 2. The van der Waals surface area contributed by atoms with Gasteiger partial charge in [0.2, 0.25) is 0 Å². The van der Waals surface area contributed by atoms with Gasteiger partial charge in [-0.25, -0.2) is 0 Å². The average Bonchev–Trinajstić information content (AvgIpc) is 2.58. The van der Waals surface area contributed by atoms with Crippen LogP contribution in [0.3, 0.4) is 0 Å². The van der Waals surface area contributed by atoms with Gasteiger partial charge in [-0.1, -0.05) is 34.9 Å². The van der Waals surface area contributed by atoms with Gasteiger partial charge in [0.1, 0.15) is 0 Å². The minimum absolute atomic E-state index is 0.620. The monoisotopic (exact) mass is 317 g/mol. The molecule has 0 radical (unpaired) electrons. The first-order valence-corrected chi connectivity index (χ1v) is 8.65. The van der Waals surface area contributed by atoms with E-state index in [4.69, 9.17) is 9.47 Å². The maximum Gasteiger partial charge on any atom is 0.415 e. The maximum absolute atomic E-state index is 12.9. The summed E-state index contributed by atoms with van der Waals surface area (Å²) in [6.07, 6.45) is 1.58. The lowest BCUT2D eigenvalue weighted by Crippen LogP contribution is -2.16.